The molecule has 3 aliphatic rings. The molecule has 0 aromatic rings. The minimum absolute atomic E-state index is 0.0865. The van der Waals surface area contributed by atoms with Crippen LogP contribution in [0, 0.1) is 5.92 Å². The number of rotatable bonds is 4. The van der Waals surface area contributed by atoms with E-state index in [4.69, 9.17) is 0 Å². The van der Waals surface area contributed by atoms with Crippen LogP contribution < -0.4 is 16.0 Å². The lowest BCUT2D eigenvalue weighted by atomic mass is 9.78. The van der Waals surface area contributed by atoms with Crippen LogP contribution in [-0.2, 0) is 0 Å². The average molecular weight is 671 g/mol. The van der Waals surface area contributed by atoms with E-state index in [2.05, 4.69) is 161 Å². The van der Waals surface area contributed by atoms with E-state index >= 15 is 0 Å². The van der Waals surface area contributed by atoms with Gasteiger partial charge in [-0.05, 0) is 177 Å². The van der Waals surface area contributed by atoms with Crippen LogP contribution in [0.5, 0.6) is 0 Å². The Morgan fingerprint density at radius 2 is 0.851 bits per heavy atom. The molecule has 3 aliphatic heterocycles. The highest BCUT2D eigenvalue weighted by molar-refractivity contribution is 5.07. The highest BCUT2D eigenvalue weighted by Gasteiger charge is 2.52. The van der Waals surface area contributed by atoms with E-state index in [9.17, 15) is 15.6 Å². The molecule has 0 saturated carbocycles. The van der Waals surface area contributed by atoms with Gasteiger partial charge in [-0.1, -0.05) is 0 Å². The summed E-state index contributed by atoms with van der Waals surface area (Å²) in [5.74, 6) is 0.478. The van der Waals surface area contributed by atoms with E-state index in [1.807, 2.05) is 0 Å². The van der Waals surface area contributed by atoms with Crippen LogP contribution in [-0.4, -0.2) is 99.3 Å². The molecule has 2 atom stereocenters. The van der Waals surface area contributed by atoms with Crippen LogP contribution in [0.2, 0.25) is 0 Å². The number of nitrogens with one attached hydrogen (secondary N) is 3. The highest BCUT2D eigenvalue weighted by atomic mass is 16.5. The van der Waals surface area contributed by atoms with Gasteiger partial charge in [-0.15, -0.1) is 0 Å². The molecule has 9 nitrogen and oxygen atoms in total. The summed E-state index contributed by atoms with van der Waals surface area (Å²) in [6.07, 6.45) is 3.95. The Kier molecular flexibility index (Phi) is 13.6. The zero-order valence-electron chi connectivity index (χ0n) is 35.0. The van der Waals surface area contributed by atoms with Crippen LogP contribution in [0.15, 0.2) is 0 Å². The third-order valence-electron chi connectivity index (χ3n) is 10.3. The van der Waals surface area contributed by atoms with Crippen molar-refractivity contribution in [3.05, 3.63) is 0 Å². The lowest BCUT2D eigenvalue weighted by molar-refractivity contribution is -0.246. The second kappa shape index (κ2) is 14.3. The molecule has 3 saturated heterocycles. The fourth-order valence-electron chi connectivity index (χ4n) is 8.14. The van der Waals surface area contributed by atoms with Crippen LogP contribution in [0.25, 0.3) is 0 Å². The van der Waals surface area contributed by atoms with E-state index in [-0.39, 0.29) is 49.9 Å². The molecular weight excluding hydrogens is 588 g/mol. The molecule has 0 bridgehead atoms. The summed E-state index contributed by atoms with van der Waals surface area (Å²) in [7, 11) is 0. The van der Waals surface area contributed by atoms with E-state index in [1.165, 1.54) is 15.2 Å². The first kappa shape index (κ1) is 44.7. The molecule has 9 heteroatoms. The largest absolute Gasteiger partial charge is 0.313 e. The van der Waals surface area contributed by atoms with Gasteiger partial charge in [0.15, 0.2) is 0 Å². The average Bonchev–Trinajstić information content (AvgIpc) is 3.06. The third-order valence-corrected chi connectivity index (χ3v) is 10.3. The second-order valence-electron chi connectivity index (χ2n) is 21.7. The summed E-state index contributed by atoms with van der Waals surface area (Å²) in [4.78, 5) is 0. The number of hydroxylamine groups is 6. The Hall–Kier alpha value is -0.360. The predicted octanol–water partition coefficient (Wildman–Crippen LogP) is 7.82. The van der Waals surface area contributed by atoms with Crippen molar-refractivity contribution in [2.45, 2.75) is 233 Å². The van der Waals surface area contributed by atoms with Crippen molar-refractivity contribution in [2.24, 2.45) is 5.92 Å². The van der Waals surface area contributed by atoms with Gasteiger partial charge in [-0.3, -0.25) is 0 Å². The van der Waals surface area contributed by atoms with E-state index in [0.29, 0.717) is 18.0 Å². The summed E-state index contributed by atoms with van der Waals surface area (Å²) in [6, 6.07) is 0.783. The molecule has 0 aromatic heterocycles. The highest BCUT2D eigenvalue weighted by Crippen LogP contribution is 2.43. The fraction of sp³-hybridized carbons (Fsp3) is 1.00. The summed E-state index contributed by atoms with van der Waals surface area (Å²) in [5, 5.41) is 45.9. The van der Waals surface area contributed by atoms with E-state index < -0.39 is 0 Å². The SMILES string of the molecule is CC(C)(C)NC1CC(C)(C)N(O)C(C)(C)C1.CC(C)(C)NC1CC(C)(C)N(O)C1(C)C.CC(C)(C)NCC1CC(C)(C)N(O)C1(C)C. The summed E-state index contributed by atoms with van der Waals surface area (Å²) in [5.41, 5.74) is -0.589. The Balaban J connectivity index is 0.000000353. The van der Waals surface area contributed by atoms with Crippen molar-refractivity contribution < 1.29 is 15.6 Å². The van der Waals surface area contributed by atoms with E-state index in [0.717, 1.165) is 32.2 Å². The minimum Gasteiger partial charge on any atom is -0.313 e. The zero-order chi connectivity index (χ0) is 37.6. The second-order valence-corrected chi connectivity index (χ2v) is 21.7. The first-order valence-corrected chi connectivity index (χ1v) is 18.2. The van der Waals surface area contributed by atoms with Crippen LogP contribution >= 0.6 is 0 Å². The Labute approximate surface area is 291 Å². The number of hydrogen-bond donors (Lipinski definition) is 6. The molecule has 0 aliphatic carbocycles. The van der Waals surface area contributed by atoms with Gasteiger partial charge in [-0.2, -0.15) is 15.2 Å². The molecule has 3 fully saturated rings. The van der Waals surface area contributed by atoms with Gasteiger partial charge in [0, 0.05) is 62.9 Å². The quantitative estimate of drug-likeness (QED) is 0.179. The normalized spacial score (nSPS) is 29.1. The fourth-order valence-corrected chi connectivity index (χ4v) is 8.14. The maximum absolute atomic E-state index is 10.2. The lowest BCUT2D eigenvalue weighted by Crippen LogP contribution is -2.64. The summed E-state index contributed by atoms with van der Waals surface area (Å²) >= 11 is 0. The van der Waals surface area contributed by atoms with Gasteiger partial charge in [0.1, 0.15) is 0 Å². The monoisotopic (exact) mass is 671 g/mol. The van der Waals surface area contributed by atoms with Gasteiger partial charge < -0.3 is 31.6 Å². The third kappa shape index (κ3) is 12.4. The zero-order valence-corrected chi connectivity index (χ0v) is 35.0. The smallest absolute Gasteiger partial charge is 0.0563 e. The molecule has 2 unspecified atom stereocenters. The molecule has 3 rings (SSSR count). The van der Waals surface area contributed by atoms with Crippen molar-refractivity contribution >= 4 is 0 Å². The molecular formula is C38H82N6O3. The molecule has 0 aromatic carbocycles. The van der Waals surface area contributed by atoms with Crippen LogP contribution in [0.1, 0.15) is 171 Å². The number of piperidine rings is 1. The van der Waals surface area contributed by atoms with Crippen molar-refractivity contribution in [1.29, 1.82) is 0 Å². The van der Waals surface area contributed by atoms with Crippen molar-refractivity contribution in [3.8, 4) is 0 Å². The standard InChI is InChI=1S/2C13H28N2O.C12H26N2O/c1-11(2,3)14-9-10-8-12(4,5)15(16)13(10,6)7;1-11(2,3)14-10-8-12(4,5)15(16)13(6,7)9-10;1-10(2,3)13-9-8-11(4,5)14(15)12(9,6)7/h2*10,14,16H,8-9H2,1-7H3;9,13,15H,8H2,1-7H3. The van der Waals surface area contributed by atoms with Gasteiger partial charge in [-0.25, -0.2) is 0 Å². The molecule has 47 heavy (non-hydrogen) atoms. The van der Waals surface area contributed by atoms with Crippen LogP contribution in [0.3, 0.4) is 0 Å². The van der Waals surface area contributed by atoms with Crippen molar-refractivity contribution in [1.82, 2.24) is 31.1 Å². The Morgan fingerprint density at radius 3 is 1.15 bits per heavy atom. The number of hydrogen-bond acceptors (Lipinski definition) is 9. The minimum atomic E-state index is -0.212. The first-order valence-electron chi connectivity index (χ1n) is 18.2. The molecule has 3 heterocycles. The van der Waals surface area contributed by atoms with Gasteiger partial charge >= 0.3 is 0 Å². The summed E-state index contributed by atoms with van der Waals surface area (Å²) < 4.78 is 0. The van der Waals surface area contributed by atoms with Crippen molar-refractivity contribution in [2.75, 3.05) is 6.54 Å². The van der Waals surface area contributed by atoms with Gasteiger partial charge in [0.05, 0.1) is 5.54 Å². The van der Waals surface area contributed by atoms with Crippen LogP contribution in [0.4, 0.5) is 0 Å². The maximum atomic E-state index is 10.2. The van der Waals surface area contributed by atoms with Gasteiger partial charge in [0.2, 0.25) is 0 Å². The predicted molar refractivity (Wildman–Crippen MR) is 198 cm³/mol. The topological polar surface area (TPSA) is 106 Å². The van der Waals surface area contributed by atoms with E-state index in [1.54, 1.807) is 0 Å². The molecule has 0 amide bonds. The lowest BCUT2D eigenvalue weighted by Gasteiger charge is -2.52. The van der Waals surface area contributed by atoms with Crippen molar-refractivity contribution in [3.63, 3.8) is 0 Å². The number of nitrogens with zero attached hydrogens (tertiary/aromatic N) is 3. The molecule has 0 spiro atoms. The summed E-state index contributed by atoms with van der Waals surface area (Å²) in [6.45, 7) is 45.8. The Morgan fingerprint density at radius 1 is 0.489 bits per heavy atom. The molecule has 0 radical (unpaired) electrons. The first-order chi connectivity index (χ1) is 20.4. The molecule has 6 N–H and O–H groups in total. The van der Waals surface area contributed by atoms with Gasteiger partial charge in [0.25, 0.3) is 0 Å². The molecule has 282 valence electrons. The Bertz CT molecular complexity index is 980. The maximum Gasteiger partial charge on any atom is 0.0563 e.